The van der Waals surface area contributed by atoms with Gasteiger partial charge in [-0.3, -0.25) is 4.79 Å². The average molecular weight is 602 g/mol. The molecule has 0 saturated carbocycles. The number of carbonyl (C=O) groups is 2. The summed E-state index contributed by atoms with van der Waals surface area (Å²) < 4.78 is 11.6. The third-order valence-electron chi connectivity index (χ3n) is 3.55. The van der Waals surface area contributed by atoms with E-state index in [0.717, 1.165) is 12.7 Å². The predicted molar refractivity (Wildman–Crippen MR) is 121 cm³/mol. The molecule has 0 bridgehead atoms. The lowest BCUT2D eigenvalue weighted by atomic mass is 10.1. The Morgan fingerprint density at radius 2 is 1.82 bits per heavy atom. The lowest BCUT2D eigenvalue weighted by molar-refractivity contribution is -0.142. The number of hydrogen-bond donors (Lipinski definition) is 1. The minimum atomic E-state index is -0.475. The van der Waals surface area contributed by atoms with Gasteiger partial charge in [-0.1, -0.05) is 30.3 Å². The molecule has 0 saturated heterocycles. The van der Waals surface area contributed by atoms with Gasteiger partial charge < -0.3 is 14.8 Å². The third kappa shape index (κ3) is 6.49. The van der Waals surface area contributed by atoms with E-state index in [-0.39, 0.29) is 12.2 Å². The topological polar surface area (TPSA) is 88.4 Å². The second-order valence-electron chi connectivity index (χ2n) is 5.52. The van der Waals surface area contributed by atoms with Gasteiger partial charge in [-0.05, 0) is 74.5 Å². The molecule has 0 radical (unpaired) electrons. The highest BCUT2D eigenvalue weighted by molar-refractivity contribution is 14.1. The molecule has 8 heteroatoms. The first kappa shape index (κ1) is 22.2. The Labute approximate surface area is 190 Å². The van der Waals surface area contributed by atoms with E-state index in [1.165, 1.54) is 13.2 Å². The molecule has 0 fully saturated rings. The maximum atomic E-state index is 12.3. The van der Waals surface area contributed by atoms with Gasteiger partial charge in [0, 0.05) is 6.54 Å². The molecule has 0 unspecified atom stereocenters. The molecule has 0 aromatic heterocycles. The number of methoxy groups -OCH3 is 1. The van der Waals surface area contributed by atoms with Gasteiger partial charge in [0.25, 0.3) is 5.91 Å². The number of nitrogens with one attached hydrogen (secondary N) is 1. The second-order valence-corrected chi connectivity index (χ2v) is 7.84. The molecular formula is C20H16I2N2O4. The van der Waals surface area contributed by atoms with Crippen LogP contribution in [-0.4, -0.2) is 25.6 Å². The molecule has 2 aromatic rings. The van der Waals surface area contributed by atoms with E-state index in [0.29, 0.717) is 17.9 Å². The summed E-state index contributed by atoms with van der Waals surface area (Å²) in [4.78, 5) is 23.6. The number of carbonyl (C=O) groups excluding carboxylic acids is 2. The van der Waals surface area contributed by atoms with Crippen LogP contribution >= 0.6 is 45.2 Å². The van der Waals surface area contributed by atoms with Crippen LogP contribution in [-0.2, 0) is 20.9 Å². The van der Waals surface area contributed by atoms with Crippen LogP contribution in [0, 0.1) is 18.5 Å². The fraction of sp³-hybridized carbons (Fsp3) is 0.150. The van der Waals surface area contributed by atoms with E-state index < -0.39 is 11.9 Å². The summed E-state index contributed by atoms with van der Waals surface area (Å²) in [6, 6.07) is 14.9. The minimum absolute atomic E-state index is 0.00533. The zero-order valence-electron chi connectivity index (χ0n) is 14.9. The molecular weight excluding hydrogens is 586 g/mol. The van der Waals surface area contributed by atoms with Gasteiger partial charge in [-0.25, -0.2) is 4.79 Å². The second kappa shape index (κ2) is 11.0. The first-order valence-corrected chi connectivity index (χ1v) is 10.2. The van der Waals surface area contributed by atoms with Crippen molar-refractivity contribution in [1.82, 2.24) is 5.32 Å². The molecule has 0 aliphatic carbocycles. The fourth-order valence-electron chi connectivity index (χ4n) is 2.18. The van der Waals surface area contributed by atoms with Crippen molar-refractivity contribution in [3.05, 3.63) is 66.3 Å². The number of nitriles is 1. The maximum Gasteiger partial charge on any atom is 0.343 e. The van der Waals surface area contributed by atoms with Crippen molar-refractivity contribution in [3.8, 4) is 11.8 Å². The minimum Gasteiger partial charge on any atom is -0.480 e. The molecule has 144 valence electrons. The van der Waals surface area contributed by atoms with Gasteiger partial charge in [0.15, 0.2) is 6.61 Å². The summed E-state index contributed by atoms with van der Waals surface area (Å²) >= 11 is 4.15. The lowest BCUT2D eigenvalue weighted by Crippen LogP contribution is -2.23. The SMILES string of the molecule is COC(=O)COc1c(I)cc(/C=C(/C#N)C(=O)NCc2ccccc2)cc1I. The van der Waals surface area contributed by atoms with Crippen LogP contribution < -0.4 is 10.1 Å². The lowest BCUT2D eigenvalue weighted by Gasteiger charge is -2.10. The smallest absolute Gasteiger partial charge is 0.343 e. The Kier molecular flexibility index (Phi) is 8.72. The molecule has 28 heavy (non-hydrogen) atoms. The van der Waals surface area contributed by atoms with Crippen molar-refractivity contribution in [1.29, 1.82) is 5.26 Å². The molecule has 6 nitrogen and oxygen atoms in total. The molecule has 2 aromatic carbocycles. The van der Waals surface area contributed by atoms with E-state index in [1.807, 2.05) is 36.4 Å². The maximum absolute atomic E-state index is 12.3. The largest absolute Gasteiger partial charge is 0.480 e. The molecule has 1 amide bonds. The molecule has 0 atom stereocenters. The van der Waals surface area contributed by atoms with Crippen molar-refractivity contribution in [2.75, 3.05) is 13.7 Å². The van der Waals surface area contributed by atoms with Gasteiger partial charge in [-0.2, -0.15) is 5.26 Å². The summed E-state index contributed by atoms with van der Waals surface area (Å²) in [6.07, 6.45) is 1.52. The van der Waals surface area contributed by atoms with E-state index in [1.54, 1.807) is 12.1 Å². The fourth-order valence-corrected chi connectivity index (χ4v) is 4.31. The number of esters is 1. The number of nitrogens with zero attached hydrogens (tertiary/aromatic N) is 1. The van der Waals surface area contributed by atoms with Crippen LogP contribution in [0.1, 0.15) is 11.1 Å². The molecule has 0 aliphatic heterocycles. The first-order chi connectivity index (χ1) is 13.4. The highest BCUT2D eigenvalue weighted by atomic mass is 127. The molecule has 0 heterocycles. The third-order valence-corrected chi connectivity index (χ3v) is 5.16. The Bertz CT molecular complexity index is 914. The quantitative estimate of drug-likeness (QED) is 0.226. The Morgan fingerprint density at radius 3 is 2.39 bits per heavy atom. The van der Waals surface area contributed by atoms with Crippen LogP contribution in [0.15, 0.2) is 48.0 Å². The summed E-state index contributed by atoms with van der Waals surface area (Å²) in [6.45, 7) is 0.150. The van der Waals surface area contributed by atoms with Crippen molar-refractivity contribution in [2.24, 2.45) is 0 Å². The van der Waals surface area contributed by atoms with E-state index in [4.69, 9.17) is 4.74 Å². The van der Waals surface area contributed by atoms with Crippen LogP contribution in [0.2, 0.25) is 0 Å². The number of hydrogen-bond acceptors (Lipinski definition) is 5. The van der Waals surface area contributed by atoms with Crippen LogP contribution in [0.25, 0.3) is 6.08 Å². The van der Waals surface area contributed by atoms with Gasteiger partial charge in [0.1, 0.15) is 17.4 Å². The predicted octanol–water partition coefficient (Wildman–Crippen LogP) is 3.67. The molecule has 1 N–H and O–H groups in total. The first-order valence-electron chi connectivity index (χ1n) is 8.07. The Morgan fingerprint density at radius 1 is 1.18 bits per heavy atom. The normalized spacial score (nSPS) is 10.7. The number of amides is 1. The molecule has 0 spiro atoms. The van der Waals surface area contributed by atoms with Gasteiger partial charge in [-0.15, -0.1) is 0 Å². The van der Waals surface area contributed by atoms with Crippen molar-refractivity contribution in [3.63, 3.8) is 0 Å². The van der Waals surface area contributed by atoms with E-state index in [9.17, 15) is 14.9 Å². The number of benzene rings is 2. The van der Waals surface area contributed by atoms with Gasteiger partial charge in [0.2, 0.25) is 0 Å². The highest BCUT2D eigenvalue weighted by Crippen LogP contribution is 2.29. The van der Waals surface area contributed by atoms with E-state index in [2.05, 4.69) is 55.2 Å². The van der Waals surface area contributed by atoms with Crippen LogP contribution in [0.4, 0.5) is 0 Å². The number of ether oxygens (including phenoxy) is 2. The average Bonchev–Trinajstić information content (AvgIpc) is 2.70. The van der Waals surface area contributed by atoms with Crippen molar-refractivity contribution < 1.29 is 19.1 Å². The highest BCUT2D eigenvalue weighted by Gasteiger charge is 2.13. The Balaban J connectivity index is 2.13. The van der Waals surface area contributed by atoms with Gasteiger partial charge in [0.05, 0.1) is 14.3 Å². The zero-order valence-corrected chi connectivity index (χ0v) is 19.2. The molecule has 2 rings (SSSR count). The summed E-state index contributed by atoms with van der Waals surface area (Å²) in [7, 11) is 1.29. The zero-order chi connectivity index (χ0) is 20.5. The van der Waals surface area contributed by atoms with Crippen LogP contribution in [0.3, 0.4) is 0 Å². The van der Waals surface area contributed by atoms with Crippen molar-refractivity contribution in [2.45, 2.75) is 6.54 Å². The van der Waals surface area contributed by atoms with Crippen molar-refractivity contribution >= 4 is 63.1 Å². The molecule has 0 aliphatic rings. The summed E-state index contributed by atoms with van der Waals surface area (Å²) in [5.74, 6) is -0.365. The number of halogens is 2. The summed E-state index contributed by atoms with van der Waals surface area (Å²) in [5, 5.41) is 12.1. The Hall–Kier alpha value is -2.13. The monoisotopic (exact) mass is 602 g/mol. The van der Waals surface area contributed by atoms with Crippen LogP contribution in [0.5, 0.6) is 5.75 Å². The number of rotatable bonds is 7. The summed E-state index contributed by atoms with van der Waals surface area (Å²) in [5.41, 5.74) is 1.64. The van der Waals surface area contributed by atoms with E-state index >= 15 is 0 Å². The standard InChI is InChI=1S/C20H16I2N2O4/c1-27-18(25)12-28-19-16(21)8-14(9-17(19)22)7-15(10-23)20(26)24-11-13-5-3-2-4-6-13/h2-9H,11-12H2,1H3,(H,24,26)/b15-7-. The van der Waals surface area contributed by atoms with Gasteiger partial charge >= 0.3 is 5.97 Å².